The van der Waals surface area contributed by atoms with Crippen molar-refractivity contribution >= 4 is 40.1 Å². The normalized spacial score (nSPS) is 18.0. The van der Waals surface area contributed by atoms with E-state index in [1.54, 1.807) is 16.8 Å². The fraction of sp³-hybridized carbons (Fsp3) is 0.292. The van der Waals surface area contributed by atoms with Crippen molar-refractivity contribution < 1.29 is 23.9 Å². The third kappa shape index (κ3) is 4.49. The van der Waals surface area contributed by atoms with Crippen LogP contribution >= 0.6 is 11.6 Å². The number of Topliss-reactive ketones (excluding diaryl/α,β-unsaturated/α-hetero) is 1. The number of ketones is 1. The van der Waals surface area contributed by atoms with Crippen LogP contribution in [0.4, 0.5) is 4.39 Å². The highest BCUT2D eigenvalue weighted by molar-refractivity contribution is 6.30. The van der Waals surface area contributed by atoms with E-state index < -0.39 is 23.9 Å². The molecule has 2 aromatic carbocycles. The molecule has 1 aromatic heterocycles. The number of fused-ring (bicyclic) bond motifs is 1. The molecule has 7 nitrogen and oxygen atoms in total. The van der Waals surface area contributed by atoms with Crippen molar-refractivity contribution in [1.29, 1.82) is 0 Å². The van der Waals surface area contributed by atoms with E-state index in [-0.39, 0.29) is 48.3 Å². The van der Waals surface area contributed by atoms with E-state index in [1.165, 1.54) is 24.0 Å². The van der Waals surface area contributed by atoms with Gasteiger partial charge in [0.15, 0.2) is 5.78 Å². The lowest BCUT2D eigenvalue weighted by Gasteiger charge is -2.26. The monoisotopic (exact) mass is 471 g/mol. The van der Waals surface area contributed by atoms with Crippen LogP contribution in [0, 0.1) is 5.82 Å². The van der Waals surface area contributed by atoms with Crippen molar-refractivity contribution in [1.82, 2.24) is 14.8 Å². The molecule has 0 bridgehead atoms. The number of aliphatic hydroxyl groups is 1. The molecule has 4 rings (SSSR count). The summed E-state index contributed by atoms with van der Waals surface area (Å²) in [5.41, 5.74) is 1.45. The van der Waals surface area contributed by atoms with Crippen molar-refractivity contribution in [3.63, 3.8) is 0 Å². The Labute approximate surface area is 194 Å². The van der Waals surface area contributed by atoms with Gasteiger partial charge in [-0.05, 0) is 25.5 Å². The Bertz CT molecular complexity index is 1240. The molecule has 2 heterocycles. The average Bonchev–Trinajstić information content (AvgIpc) is 3.35. The summed E-state index contributed by atoms with van der Waals surface area (Å²) in [6.07, 6.45) is 0.849. The Morgan fingerprint density at radius 1 is 1.18 bits per heavy atom. The highest BCUT2D eigenvalue weighted by Crippen LogP contribution is 2.24. The quantitative estimate of drug-likeness (QED) is 0.541. The molecule has 2 N–H and O–H groups in total. The minimum Gasteiger partial charge on any atom is -0.390 e. The summed E-state index contributed by atoms with van der Waals surface area (Å²) in [7, 11) is 0. The van der Waals surface area contributed by atoms with Crippen molar-refractivity contribution in [2.24, 2.45) is 0 Å². The second-order valence-electron chi connectivity index (χ2n) is 8.06. The number of amides is 2. The number of hydrogen-bond acceptors (Lipinski definition) is 4. The number of likely N-dealkylation sites (tertiary alicyclic amines) is 1. The topological polar surface area (TPSA) is 91.6 Å². The summed E-state index contributed by atoms with van der Waals surface area (Å²) in [5, 5.41) is 13.7. The summed E-state index contributed by atoms with van der Waals surface area (Å²) in [5.74, 6) is -1.68. The number of hydrogen-bond donors (Lipinski definition) is 2. The van der Waals surface area contributed by atoms with Gasteiger partial charge in [0.2, 0.25) is 11.8 Å². The van der Waals surface area contributed by atoms with E-state index in [1.807, 2.05) is 24.3 Å². The largest absolute Gasteiger partial charge is 0.390 e. The van der Waals surface area contributed by atoms with E-state index in [0.29, 0.717) is 5.56 Å². The Kier molecular flexibility index (Phi) is 6.49. The van der Waals surface area contributed by atoms with Crippen LogP contribution in [0.5, 0.6) is 0 Å². The van der Waals surface area contributed by atoms with E-state index >= 15 is 0 Å². The van der Waals surface area contributed by atoms with E-state index in [9.17, 15) is 23.9 Å². The van der Waals surface area contributed by atoms with Gasteiger partial charge in [0.05, 0.1) is 11.1 Å². The van der Waals surface area contributed by atoms with Gasteiger partial charge in [-0.15, -0.1) is 0 Å². The smallest absolute Gasteiger partial charge is 0.245 e. The first kappa shape index (κ1) is 22.9. The number of nitrogens with zero attached hydrogens (tertiary/aromatic N) is 2. The van der Waals surface area contributed by atoms with Gasteiger partial charge < -0.3 is 19.9 Å². The molecular weight excluding hydrogens is 449 g/mol. The second-order valence-corrected chi connectivity index (χ2v) is 8.47. The molecule has 2 atom stereocenters. The van der Waals surface area contributed by atoms with E-state index in [0.717, 1.165) is 10.9 Å². The maximum atomic E-state index is 14.1. The summed E-state index contributed by atoms with van der Waals surface area (Å²) in [6.45, 7) is 1.46. The fourth-order valence-electron chi connectivity index (χ4n) is 4.24. The number of para-hydroxylation sites is 1. The molecule has 1 aliphatic heterocycles. The van der Waals surface area contributed by atoms with E-state index in [4.69, 9.17) is 11.6 Å². The van der Waals surface area contributed by atoms with Crippen LogP contribution < -0.4 is 5.32 Å². The number of benzene rings is 2. The zero-order valence-electron chi connectivity index (χ0n) is 17.9. The van der Waals surface area contributed by atoms with E-state index in [2.05, 4.69) is 5.32 Å². The lowest BCUT2D eigenvalue weighted by Crippen LogP contribution is -2.50. The SMILES string of the molecule is CC(=O)c1cn(CC(=O)N2CC[C@@H](O)[C@H]2C(=O)NCc2cccc(Cl)c2F)c2ccccc12. The lowest BCUT2D eigenvalue weighted by atomic mass is 10.1. The molecule has 0 unspecified atom stereocenters. The van der Waals surface area contributed by atoms with Crippen LogP contribution in [-0.2, 0) is 22.7 Å². The summed E-state index contributed by atoms with van der Waals surface area (Å²) >= 11 is 5.78. The molecule has 1 aliphatic rings. The maximum absolute atomic E-state index is 14.1. The third-order valence-corrected chi connectivity index (χ3v) is 6.21. The van der Waals surface area contributed by atoms with Gasteiger partial charge in [0.1, 0.15) is 18.4 Å². The average molecular weight is 472 g/mol. The first-order valence-corrected chi connectivity index (χ1v) is 10.9. The number of rotatable bonds is 6. The van der Waals surface area contributed by atoms with Crippen LogP contribution in [0.25, 0.3) is 10.9 Å². The van der Waals surface area contributed by atoms with Crippen molar-refractivity contribution in [3.05, 3.63) is 70.6 Å². The standard InChI is InChI=1S/C24H23ClFN3O4/c1-14(30)17-12-28(19-8-3-2-6-16(17)19)13-21(32)29-10-9-20(31)23(29)24(33)27-11-15-5-4-7-18(25)22(15)26/h2-8,12,20,23,31H,9-11,13H2,1H3,(H,27,33)/t20-,23+/m1/s1. The summed E-state index contributed by atoms with van der Waals surface area (Å²) < 4.78 is 15.8. The molecule has 172 valence electrons. The van der Waals surface area contributed by atoms with Gasteiger partial charge in [-0.1, -0.05) is 41.9 Å². The molecule has 0 saturated carbocycles. The van der Waals surface area contributed by atoms with Crippen LogP contribution in [0.2, 0.25) is 5.02 Å². The fourth-order valence-corrected chi connectivity index (χ4v) is 4.43. The predicted molar refractivity (Wildman–Crippen MR) is 121 cm³/mol. The molecule has 0 spiro atoms. The highest BCUT2D eigenvalue weighted by atomic mass is 35.5. The number of carbonyl (C=O) groups excluding carboxylic acids is 3. The Balaban J connectivity index is 1.51. The summed E-state index contributed by atoms with van der Waals surface area (Å²) in [4.78, 5) is 39.3. The Hall–Kier alpha value is -3.23. The van der Waals surface area contributed by atoms with Gasteiger partial charge in [0, 0.05) is 41.3 Å². The first-order chi connectivity index (χ1) is 15.8. The molecule has 1 saturated heterocycles. The van der Waals surface area contributed by atoms with Gasteiger partial charge >= 0.3 is 0 Å². The first-order valence-electron chi connectivity index (χ1n) is 10.5. The van der Waals surface area contributed by atoms with Crippen molar-refractivity contribution in [2.45, 2.75) is 38.6 Å². The van der Waals surface area contributed by atoms with Gasteiger partial charge in [-0.2, -0.15) is 0 Å². The van der Waals surface area contributed by atoms with Crippen LogP contribution in [0.1, 0.15) is 29.3 Å². The number of carbonyl (C=O) groups is 3. The van der Waals surface area contributed by atoms with Gasteiger partial charge in [0.25, 0.3) is 0 Å². The number of nitrogens with one attached hydrogen (secondary N) is 1. The Morgan fingerprint density at radius 2 is 1.94 bits per heavy atom. The third-order valence-electron chi connectivity index (χ3n) is 5.91. The number of aromatic nitrogens is 1. The summed E-state index contributed by atoms with van der Waals surface area (Å²) in [6, 6.07) is 10.7. The molecule has 33 heavy (non-hydrogen) atoms. The lowest BCUT2D eigenvalue weighted by molar-refractivity contribution is -0.141. The minimum atomic E-state index is -1.09. The zero-order valence-corrected chi connectivity index (χ0v) is 18.7. The maximum Gasteiger partial charge on any atom is 0.245 e. The number of aliphatic hydroxyl groups excluding tert-OH is 1. The van der Waals surface area contributed by atoms with Crippen molar-refractivity contribution in [2.75, 3.05) is 6.54 Å². The molecular formula is C24H23ClFN3O4. The number of halogens is 2. The molecule has 0 radical (unpaired) electrons. The second kappa shape index (κ2) is 9.33. The van der Waals surface area contributed by atoms with Crippen LogP contribution in [0.15, 0.2) is 48.7 Å². The molecule has 0 aliphatic carbocycles. The van der Waals surface area contributed by atoms with Crippen molar-refractivity contribution in [3.8, 4) is 0 Å². The molecule has 2 amide bonds. The highest BCUT2D eigenvalue weighted by Gasteiger charge is 2.41. The van der Waals surface area contributed by atoms with Gasteiger partial charge in [-0.25, -0.2) is 4.39 Å². The molecule has 9 heteroatoms. The molecule has 3 aromatic rings. The molecule has 1 fully saturated rings. The Morgan fingerprint density at radius 3 is 2.70 bits per heavy atom. The zero-order chi connectivity index (χ0) is 23.7. The van der Waals surface area contributed by atoms with Crippen LogP contribution in [0.3, 0.4) is 0 Å². The van der Waals surface area contributed by atoms with Gasteiger partial charge in [-0.3, -0.25) is 14.4 Å². The minimum absolute atomic E-state index is 0.0525. The predicted octanol–water partition coefficient (Wildman–Crippen LogP) is 2.91. The van der Waals surface area contributed by atoms with Crippen LogP contribution in [-0.4, -0.2) is 50.9 Å².